The molecule has 2 fully saturated rings. The molecule has 0 radical (unpaired) electrons. The van der Waals surface area contributed by atoms with Gasteiger partial charge in [0.05, 0.1) is 5.25 Å². The number of likely N-dealkylation sites (tertiary alicyclic amines) is 1. The van der Waals surface area contributed by atoms with Crippen LogP contribution < -0.4 is 0 Å². The fraction of sp³-hybridized carbons (Fsp3) is 0.647. The summed E-state index contributed by atoms with van der Waals surface area (Å²) in [6.45, 7) is 5.72. The molecule has 4 rings (SSSR count). The second-order valence-electron chi connectivity index (χ2n) is 6.35. The van der Waals surface area contributed by atoms with Crippen LogP contribution in [0.5, 0.6) is 0 Å². The lowest BCUT2D eigenvalue weighted by Gasteiger charge is -2.24. The lowest BCUT2D eigenvalue weighted by atomic mass is 10.2. The Hall–Kier alpha value is -1.07. The number of imidazole rings is 1. The van der Waals surface area contributed by atoms with Gasteiger partial charge in [-0.1, -0.05) is 6.92 Å². The Morgan fingerprint density at radius 1 is 1.32 bits per heavy atom. The number of pyridine rings is 1. The van der Waals surface area contributed by atoms with Crippen molar-refractivity contribution in [3.05, 3.63) is 24.2 Å². The van der Waals surface area contributed by atoms with Crippen LogP contribution in [-0.4, -0.2) is 44.3 Å². The molecule has 2 atom stereocenters. The number of aromatic nitrogens is 3. The molecule has 4 nitrogen and oxygen atoms in total. The smallest absolute Gasteiger partial charge is 0.160 e. The van der Waals surface area contributed by atoms with E-state index >= 15 is 0 Å². The minimum atomic E-state index is 0.561. The van der Waals surface area contributed by atoms with Crippen molar-refractivity contribution in [2.45, 2.75) is 50.4 Å². The van der Waals surface area contributed by atoms with Crippen molar-refractivity contribution in [1.29, 1.82) is 0 Å². The number of fused-ring (bicyclic) bond motifs is 1. The lowest BCUT2D eigenvalue weighted by Crippen LogP contribution is -2.33. The zero-order chi connectivity index (χ0) is 14.9. The fourth-order valence-corrected chi connectivity index (χ4v) is 5.19. The van der Waals surface area contributed by atoms with Crippen LogP contribution in [0.2, 0.25) is 0 Å². The average Bonchev–Trinajstić information content (AvgIpc) is 3.27. The number of nitrogens with zero attached hydrogens (tertiary/aromatic N) is 4. The Balaban J connectivity index is 1.72. The fourth-order valence-electron chi connectivity index (χ4n) is 3.91. The van der Waals surface area contributed by atoms with Gasteiger partial charge in [0, 0.05) is 18.8 Å². The van der Waals surface area contributed by atoms with E-state index in [2.05, 4.69) is 39.2 Å². The summed E-state index contributed by atoms with van der Waals surface area (Å²) in [5, 5.41) is 0.561. The summed E-state index contributed by atoms with van der Waals surface area (Å²) < 4.78 is 2.43. The van der Waals surface area contributed by atoms with E-state index in [-0.39, 0.29) is 0 Å². The van der Waals surface area contributed by atoms with Crippen molar-refractivity contribution in [3.63, 3.8) is 0 Å². The summed E-state index contributed by atoms with van der Waals surface area (Å²) >= 11 is 2.06. The summed E-state index contributed by atoms with van der Waals surface area (Å²) in [6, 6.07) is 4.75. The van der Waals surface area contributed by atoms with E-state index in [4.69, 9.17) is 4.98 Å². The van der Waals surface area contributed by atoms with E-state index < -0.39 is 0 Å². The number of rotatable bonds is 4. The molecule has 2 aliphatic heterocycles. The molecule has 0 N–H and O–H groups in total. The highest BCUT2D eigenvalue weighted by Gasteiger charge is 2.29. The zero-order valence-corrected chi connectivity index (χ0v) is 14.1. The van der Waals surface area contributed by atoms with E-state index in [1.807, 2.05) is 12.3 Å². The van der Waals surface area contributed by atoms with Crippen LogP contribution in [0.4, 0.5) is 0 Å². The minimum Gasteiger partial charge on any atom is -0.310 e. The van der Waals surface area contributed by atoms with Crippen LogP contribution in [0.1, 0.15) is 43.7 Å². The standard InChI is InChI=1S/C17H24N4S/c1-2-20-10-4-6-13(20)12-21-16-14(7-3-9-18-16)19-17(21)15-8-5-11-22-15/h3,7,9,13,15H,2,4-6,8,10-12H2,1H3. The summed E-state index contributed by atoms with van der Waals surface area (Å²) in [4.78, 5) is 12.2. The average molecular weight is 316 g/mol. The first-order valence-corrected chi connectivity index (χ1v) is 9.58. The van der Waals surface area contributed by atoms with Crippen LogP contribution in [-0.2, 0) is 6.54 Å². The highest BCUT2D eigenvalue weighted by Crippen LogP contribution is 2.40. The Morgan fingerprint density at radius 2 is 2.27 bits per heavy atom. The first-order valence-electron chi connectivity index (χ1n) is 8.53. The third kappa shape index (κ3) is 2.54. The number of thioether (sulfide) groups is 1. The number of hydrogen-bond donors (Lipinski definition) is 0. The Bertz CT molecular complexity index is 647. The van der Waals surface area contributed by atoms with Gasteiger partial charge in [-0.25, -0.2) is 9.97 Å². The van der Waals surface area contributed by atoms with Gasteiger partial charge in [-0.2, -0.15) is 11.8 Å². The van der Waals surface area contributed by atoms with E-state index in [0.29, 0.717) is 11.3 Å². The largest absolute Gasteiger partial charge is 0.310 e. The lowest BCUT2D eigenvalue weighted by molar-refractivity contribution is 0.244. The normalized spacial score (nSPS) is 26.2. The molecule has 118 valence electrons. The van der Waals surface area contributed by atoms with Crippen LogP contribution in [0.3, 0.4) is 0 Å². The first kappa shape index (κ1) is 14.5. The molecule has 5 heteroatoms. The van der Waals surface area contributed by atoms with Crippen LogP contribution >= 0.6 is 11.8 Å². The predicted octanol–water partition coefficient (Wildman–Crippen LogP) is 3.48. The number of likely N-dealkylation sites (N-methyl/N-ethyl adjacent to an activating group) is 1. The third-order valence-corrected chi connectivity index (χ3v) is 6.42. The predicted molar refractivity (Wildman–Crippen MR) is 92.2 cm³/mol. The van der Waals surface area contributed by atoms with Crippen molar-refractivity contribution in [2.75, 3.05) is 18.8 Å². The Kier molecular flexibility index (Phi) is 4.09. The van der Waals surface area contributed by atoms with E-state index in [1.165, 1.54) is 43.8 Å². The molecule has 0 spiro atoms. The highest BCUT2D eigenvalue weighted by atomic mass is 32.2. The summed E-state index contributed by atoms with van der Waals surface area (Å²) in [5.74, 6) is 2.53. The molecule has 0 bridgehead atoms. The van der Waals surface area contributed by atoms with Gasteiger partial charge in [0.1, 0.15) is 11.3 Å². The molecule has 22 heavy (non-hydrogen) atoms. The Labute approximate surface area is 136 Å². The van der Waals surface area contributed by atoms with E-state index in [9.17, 15) is 0 Å². The number of hydrogen-bond acceptors (Lipinski definition) is 4. The molecule has 0 amide bonds. The zero-order valence-electron chi connectivity index (χ0n) is 13.2. The van der Waals surface area contributed by atoms with Crippen LogP contribution in [0.15, 0.2) is 18.3 Å². The molecule has 0 aliphatic carbocycles. The van der Waals surface area contributed by atoms with Gasteiger partial charge in [0.2, 0.25) is 0 Å². The van der Waals surface area contributed by atoms with Gasteiger partial charge in [-0.15, -0.1) is 0 Å². The second kappa shape index (κ2) is 6.20. The van der Waals surface area contributed by atoms with Gasteiger partial charge in [0.25, 0.3) is 0 Å². The van der Waals surface area contributed by atoms with Crippen molar-refractivity contribution < 1.29 is 0 Å². The minimum absolute atomic E-state index is 0.561. The maximum Gasteiger partial charge on any atom is 0.160 e. The maximum atomic E-state index is 4.95. The SMILES string of the molecule is CCN1CCCC1Cn1c(C2CCCS2)nc2cccnc21. The summed E-state index contributed by atoms with van der Waals surface area (Å²) in [7, 11) is 0. The van der Waals surface area contributed by atoms with Crippen LogP contribution in [0.25, 0.3) is 11.2 Å². The summed E-state index contributed by atoms with van der Waals surface area (Å²) in [5.41, 5.74) is 2.14. The molecule has 4 heterocycles. The van der Waals surface area contributed by atoms with E-state index in [0.717, 1.165) is 24.3 Å². The van der Waals surface area contributed by atoms with Crippen molar-refractivity contribution in [1.82, 2.24) is 19.4 Å². The van der Waals surface area contributed by atoms with Gasteiger partial charge in [-0.3, -0.25) is 4.90 Å². The highest BCUT2D eigenvalue weighted by molar-refractivity contribution is 7.99. The first-order chi connectivity index (χ1) is 10.9. The maximum absolute atomic E-state index is 4.95. The molecule has 2 saturated heterocycles. The third-order valence-electron chi connectivity index (χ3n) is 5.05. The summed E-state index contributed by atoms with van der Waals surface area (Å²) in [6.07, 6.45) is 7.11. The van der Waals surface area contributed by atoms with E-state index in [1.54, 1.807) is 0 Å². The molecule has 2 aromatic rings. The molecule has 2 unspecified atom stereocenters. The van der Waals surface area contributed by atoms with Crippen LogP contribution in [0, 0.1) is 0 Å². The Morgan fingerprint density at radius 3 is 3.09 bits per heavy atom. The molecule has 0 aromatic carbocycles. The van der Waals surface area contributed by atoms with Gasteiger partial charge in [0.15, 0.2) is 5.65 Å². The second-order valence-corrected chi connectivity index (χ2v) is 7.66. The monoisotopic (exact) mass is 316 g/mol. The van der Waals surface area contributed by atoms with Gasteiger partial charge in [-0.05, 0) is 56.7 Å². The van der Waals surface area contributed by atoms with Gasteiger partial charge < -0.3 is 4.57 Å². The topological polar surface area (TPSA) is 34.0 Å². The molecular formula is C17H24N4S. The molecule has 0 saturated carbocycles. The quantitative estimate of drug-likeness (QED) is 0.865. The molecular weight excluding hydrogens is 292 g/mol. The van der Waals surface area contributed by atoms with Crippen molar-refractivity contribution >= 4 is 22.9 Å². The molecule has 2 aliphatic rings. The molecule has 2 aromatic heterocycles. The van der Waals surface area contributed by atoms with Gasteiger partial charge >= 0.3 is 0 Å². The van der Waals surface area contributed by atoms with Crippen molar-refractivity contribution in [3.8, 4) is 0 Å². The van der Waals surface area contributed by atoms with Crippen molar-refractivity contribution in [2.24, 2.45) is 0 Å².